The van der Waals surface area contributed by atoms with Gasteiger partial charge in [-0.25, -0.2) is 0 Å². The van der Waals surface area contributed by atoms with Crippen molar-refractivity contribution < 1.29 is 21.4 Å². The van der Waals surface area contributed by atoms with Crippen LogP contribution in [0.5, 0.6) is 0 Å². The van der Waals surface area contributed by atoms with Crippen molar-refractivity contribution in [2.24, 2.45) is 0 Å². The minimum absolute atomic E-state index is 0.347. The number of alkyl halides is 3. The van der Waals surface area contributed by atoms with Crippen LogP contribution in [0, 0.1) is 13.7 Å². The van der Waals surface area contributed by atoms with Gasteiger partial charge >= 0.3 is 6.18 Å². The molecule has 0 saturated carbocycles. The second kappa shape index (κ2) is 3.33. The molecular weight excluding hydrogens is 245 g/mol. The number of hydrogen-bond acceptors (Lipinski definition) is 0. The molecule has 0 saturated heterocycles. The molecule has 1 aromatic rings. The smallest absolute Gasteiger partial charge is 0.166 e. The summed E-state index contributed by atoms with van der Waals surface area (Å²) in [6.07, 6.45) is -4.82. The Balaban J connectivity index is 3.68. The molecule has 0 amide bonds. The Kier molecular flexibility index (Phi) is 1.23. The number of hydrogen-bond donors (Lipinski definition) is 0. The van der Waals surface area contributed by atoms with Crippen molar-refractivity contribution in [3.8, 4) is 0 Å². The van der Waals surface area contributed by atoms with Gasteiger partial charge in [-0.2, -0.15) is 13.2 Å². The first kappa shape index (κ1) is 4.82. The molecule has 0 nitrogen and oxygen atoms in total. The summed E-state index contributed by atoms with van der Waals surface area (Å²) in [5, 5.41) is 0. The van der Waals surface area contributed by atoms with Gasteiger partial charge < -0.3 is 0 Å². The molecule has 0 N–H and O–H groups in total. The average Bonchev–Trinajstić information content (AvgIpc) is 2.11. The Bertz CT molecular complexity index is 453. The molecule has 0 atom stereocenters. The Morgan fingerprint density at radius 1 is 1.23 bits per heavy atom. The van der Waals surface area contributed by atoms with Gasteiger partial charge in [-0.1, -0.05) is 15.9 Å². The van der Waals surface area contributed by atoms with Crippen LogP contribution in [0.4, 0.5) is 13.2 Å². The summed E-state index contributed by atoms with van der Waals surface area (Å²) in [7, 11) is 0. The Labute approximate surface area is 91.3 Å². The summed E-state index contributed by atoms with van der Waals surface area (Å²) in [6, 6.07) is 0.874. The number of aryl methyl sites for hydroxylation is 2. The Morgan fingerprint density at radius 3 is 2.00 bits per heavy atom. The highest BCUT2D eigenvalue weighted by Crippen LogP contribution is 2.33. The van der Waals surface area contributed by atoms with E-state index >= 15 is 0 Å². The van der Waals surface area contributed by atoms with Crippen LogP contribution in [-0.4, -0.2) is 0 Å². The summed E-state index contributed by atoms with van der Waals surface area (Å²) >= 11 is 2.77. The fourth-order valence-corrected chi connectivity index (χ4v) is 1.02. The Hall–Kier alpha value is -0.510. The lowest BCUT2D eigenvalue weighted by Gasteiger charge is -2.10. The van der Waals surface area contributed by atoms with E-state index in [0.29, 0.717) is 12.1 Å². The zero-order valence-electron chi connectivity index (χ0n) is 12.2. The fraction of sp³-hybridized carbons (Fsp3) is 0.333. The van der Waals surface area contributed by atoms with Crippen LogP contribution < -0.4 is 0 Å². The first-order chi connectivity index (χ1) is 8.24. The van der Waals surface area contributed by atoms with Crippen LogP contribution in [0.3, 0.4) is 0 Å². The average molecular weight is 259 g/mol. The predicted octanol–water partition coefficient (Wildman–Crippen LogP) is 4.08. The maximum Gasteiger partial charge on any atom is 0.416 e. The first-order valence-electron chi connectivity index (χ1n) is 6.16. The van der Waals surface area contributed by atoms with Crippen molar-refractivity contribution in [3.05, 3.63) is 33.3 Å². The number of rotatable bonds is 0. The van der Waals surface area contributed by atoms with Gasteiger partial charge in [-0.05, 0) is 37.0 Å². The van der Waals surface area contributed by atoms with Crippen molar-refractivity contribution >= 4 is 15.9 Å². The van der Waals surface area contributed by atoms with E-state index in [9.17, 15) is 13.2 Å². The number of benzene rings is 1. The highest BCUT2D eigenvalue weighted by molar-refractivity contribution is 9.10. The lowest BCUT2D eigenvalue weighted by molar-refractivity contribution is -0.137. The van der Waals surface area contributed by atoms with E-state index in [1.807, 2.05) is 0 Å². The normalized spacial score (nSPS) is 20.6. The van der Waals surface area contributed by atoms with Crippen molar-refractivity contribution in [2.45, 2.75) is 19.9 Å². The van der Waals surface area contributed by atoms with Gasteiger partial charge in [0.2, 0.25) is 0 Å². The number of halogens is 4. The summed E-state index contributed by atoms with van der Waals surface area (Å²) in [6.45, 7) is -5.69. The van der Waals surface area contributed by atoms with E-state index in [2.05, 4.69) is 15.9 Å². The quantitative estimate of drug-likeness (QED) is 0.658. The molecule has 0 heterocycles. The van der Waals surface area contributed by atoms with Crippen molar-refractivity contribution in [3.63, 3.8) is 0 Å². The zero-order chi connectivity index (χ0) is 15.2. The lowest BCUT2D eigenvalue weighted by atomic mass is 10.1. The molecule has 0 aliphatic rings. The van der Waals surface area contributed by atoms with Crippen molar-refractivity contribution in [1.82, 2.24) is 0 Å². The maximum atomic E-state index is 12.7. The zero-order valence-corrected chi connectivity index (χ0v) is 7.75. The third-order valence-corrected chi connectivity index (χ3v) is 2.25. The molecule has 0 aliphatic heterocycles. The van der Waals surface area contributed by atoms with Gasteiger partial charge in [0.05, 0.1) is 5.56 Å². The summed E-state index contributed by atoms with van der Waals surface area (Å²) in [5.74, 6) is 0. The van der Waals surface area contributed by atoms with Gasteiger partial charge in [-0.15, -0.1) is 0 Å². The molecule has 0 bridgehead atoms. The molecule has 0 aromatic heterocycles. The molecule has 72 valence electrons. The van der Waals surface area contributed by atoms with Gasteiger partial charge in [0, 0.05) is 12.7 Å². The van der Waals surface area contributed by atoms with E-state index in [0.717, 1.165) is 0 Å². The highest BCUT2D eigenvalue weighted by atomic mass is 79.9. The minimum Gasteiger partial charge on any atom is -0.166 e. The van der Waals surface area contributed by atoms with Gasteiger partial charge in [0.15, 0.2) is 0 Å². The van der Waals surface area contributed by atoms with Crippen LogP contribution in [0.2, 0.25) is 0 Å². The Morgan fingerprint density at radius 2 is 1.69 bits per heavy atom. The van der Waals surface area contributed by atoms with E-state index in [1.165, 1.54) is 0 Å². The predicted molar refractivity (Wildman–Crippen MR) is 48.6 cm³/mol. The van der Waals surface area contributed by atoms with Crippen LogP contribution in [-0.2, 0) is 6.18 Å². The van der Waals surface area contributed by atoms with Crippen LogP contribution >= 0.6 is 15.9 Å². The molecule has 13 heavy (non-hydrogen) atoms. The van der Waals surface area contributed by atoms with E-state index < -0.39 is 36.6 Å². The SMILES string of the molecule is [2H]C([2H])([2H])c1cc(C(F)(F)F)cc(C([2H])([2H])[2H])c1Br. The second-order valence-electron chi connectivity index (χ2n) is 2.38. The third-order valence-electron chi connectivity index (χ3n) is 1.40. The summed E-state index contributed by atoms with van der Waals surface area (Å²) in [5.41, 5.74) is -2.64. The molecule has 4 heteroatoms. The first-order valence-corrected chi connectivity index (χ1v) is 3.95. The van der Waals surface area contributed by atoms with E-state index in [1.54, 1.807) is 0 Å². The lowest BCUT2D eigenvalue weighted by Crippen LogP contribution is -2.05. The molecule has 0 spiro atoms. The summed E-state index contributed by atoms with van der Waals surface area (Å²) < 4.78 is 80.7. The largest absolute Gasteiger partial charge is 0.416 e. The molecule has 0 aliphatic carbocycles. The van der Waals surface area contributed by atoms with E-state index in [4.69, 9.17) is 8.22 Å². The molecule has 1 aromatic carbocycles. The molecule has 0 unspecified atom stereocenters. The van der Waals surface area contributed by atoms with E-state index in [-0.39, 0.29) is 4.47 Å². The van der Waals surface area contributed by atoms with Crippen molar-refractivity contribution in [1.29, 1.82) is 0 Å². The van der Waals surface area contributed by atoms with Crippen LogP contribution in [0.25, 0.3) is 0 Å². The highest BCUT2D eigenvalue weighted by Gasteiger charge is 2.31. The van der Waals surface area contributed by atoms with Gasteiger partial charge in [0.1, 0.15) is 0 Å². The van der Waals surface area contributed by atoms with Gasteiger partial charge in [-0.3, -0.25) is 0 Å². The topological polar surface area (TPSA) is 0 Å². The summed E-state index contributed by atoms with van der Waals surface area (Å²) in [4.78, 5) is 0. The minimum atomic E-state index is -4.82. The standard InChI is InChI=1S/C9H8BrF3/c1-5-3-7(9(11,12)13)4-6(2)8(5)10/h3-4H,1-2H3/i1D3,2D3. The third kappa shape index (κ3) is 2.24. The monoisotopic (exact) mass is 258 g/mol. The molecular formula is C9H8BrF3. The molecule has 0 radical (unpaired) electrons. The van der Waals surface area contributed by atoms with Crippen LogP contribution in [0.15, 0.2) is 16.6 Å². The van der Waals surface area contributed by atoms with Crippen molar-refractivity contribution in [2.75, 3.05) is 0 Å². The fourth-order valence-electron chi connectivity index (χ4n) is 0.788. The maximum absolute atomic E-state index is 12.7. The second-order valence-corrected chi connectivity index (χ2v) is 3.18. The molecule has 1 rings (SSSR count). The molecule has 0 fully saturated rings. The van der Waals surface area contributed by atoms with Crippen LogP contribution in [0.1, 0.15) is 24.9 Å². The van der Waals surface area contributed by atoms with Gasteiger partial charge in [0.25, 0.3) is 0 Å².